The Morgan fingerprint density at radius 2 is 1.38 bits per heavy atom. The predicted molar refractivity (Wildman–Crippen MR) is 71.8 cm³/mol. The van der Waals surface area contributed by atoms with Gasteiger partial charge in [0, 0.05) is 6.54 Å². The lowest BCUT2D eigenvalue weighted by Gasteiger charge is -2.15. The Hall–Kier alpha value is -0.0800. The number of hydrogen-bond donors (Lipinski definition) is 1. The van der Waals surface area contributed by atoms with Crippen molar-refractivity contribution in [2.75, 3.05) is 20.6 Å². The van der Waals surface area contributed by atoms with E-state index in [9.17, 15) is 5.11 Å². The van der Waals surface area contributed by atoms with Crippen LogP contribution < -0.4 is 0 Å². The van der Waals surface area contributed by atoms with Crippen LogP contribution in [0.2, 0.25) is 0 Å². The topological polar surface area (TPSA) is 23.5 Å². The number of nitrogens with zero attached hydrogens (tertiary/aromatic N) is 1. The standard InChI is InChI=1S/C14H31NO/c1-4-5-6-7-8-9-10-11-12-14(16)13-15(2)3/h14,16H,4-13H2,1-3H3. The molecule has 1 N–H and O–H groups in total. The van der Waals surface area contributed by atoms with Crippen molar-refractivity contribution in [2.24, 2.45) is 0 Å². The molecule has 0 aliphatic carbocycles. The van der Waals surface area contributed by atoms with Gasteiger partial charge in [-0.15, -0.1) is 0 Å². The minimum Gasteiger partial charge on any atom is -0.392 e. The van der Waals surface area contributed by atoms with Crippen molar-refractivity contribution in [1.82, 2.24) is 4.90 Å². The molecule has 0 fully saturated rings. The van der Waals surface area contributed by atoms with Gasteiger partial charge in [-0.1, -0.05) is 58.3 Å². The smallest absolute Gasteiger partial charge is 0.0666 e. The van der Waals surface area contributed by atoms with E-state index < -0.39 is 0 Å². The van der Waals surface area contributed by atoms with E-state index in [1.165, 1.54) is 51.4 Å². The van der Waals surface area contributed by atoms with Crippen molar-refractivity contribution in [1.29, 1.82) is 0 Å². The van der Waals surface area contributed by atoms with Gasteiger partial charge in [-0.3, -0.25) is 0 Å². The molecule has 0 aromatic rings. The molecule has 1 atom stereocenters. The molecule has 0 aromatic heterocycles. The Kier molecular flexibility index (Phi) is 11.3. The first-order valence-electron chi connectivity index (χ1n) is 6.99. The Balaban J connectivity index is 3.08. The van der Waals surface area contributed by atoms with E-state index >= 15 is 0 Å². The summed E-state index contributed by atoms with van der Waals surface area (Å²) in [6.45, 7) is 3.06. The quantitative estimate of drug-likeness (QED) is 0.549. The lowest BCUT2D eigenvalue weighted by atomic mass is 10.1. The molecule has 0 amide bonds. The largest absolute Gasteiger partial charge is 0.392 e. The Morgan fingerprint density at radius 3 is 1.88 bits per heavy atom. The summed E-state index contributed by atoms with van der Waals surface area (Å²) in [5, 5.41) is 9.65. The number of hydrogen-bond acceptors (Lipinski definition) is 2. The van der Waals surface area contributed by atoms with Gasteiger partial charge in [0.25, 0.3) is 0 Å². The first-order valence-corrected chi connectivity index (χ1v) is 6.99. The van der Waals surface area contributed by atoms with E-state index in [2.05, 4.69) is 11.8 Å². The summed E-state index contributed by atoms with van der Waals surface area (Å²) in [5.74, 6) is 0. The Bertz CT molecular complexity index is 137. The zero-order valence-electron chi connectivity index (χ0n) is 11.5. The van der Waals surface area contributed by atoms with E-state index in [0.717, 1.165) is 13.0 Å². The summed E-state index contributed by atoms with van der Waals surface area (Å²) in [7, 11) is 4.02. The van der Waals surface area contributed by atoms with Gasteiger partial charge in [-0.25, -0.2) is 0 Å². The zero-order valence-corrected chi connectivity index (χ0v) is 11.5. The highest BCUT2D eigenvalue weighted by atomic mass is 16.3. The molecule has 2 heteroatoms. The van der Waals surface area contributed by atoms with Crippen LogP contribution in [-0.2, 0) is 0 Å². The third-order valence-electron chi connectivity index (χ3n) is 2.97. The molecule has 98 valence electrons. The molecular formula is C14H31NO. The van der Waals surface area contributed by atoms with E-state index in [4.69, 9.17) is 0 Å². The summed E-state index contributed by atoms with van der Waals surface area (Å²) in [5.41, 5.74) is 0. The summed E-state index contributed by atoms with van der Waals surface area (Å²) >= 11 is 0. The SMILES string of the molecule is CCCCCCCCCCC(O)CN(C)C. The second-order valence-electron chi connectivity index (χ2n) is 5.18. The molecular weight excluding hydrogens is 198 g/mol. The van der Waals surface area contributed by atoms with Gasteiger partial charge in [0.05, 0.1) is 6.10 Å². The fourth-order valence-corrected chi connectivity index (χ4v) is 2.03. The van der Waals surface area contributed by atoms with Crippen LogP contribution in [0.1, 0.15) is 64.7 Å². The summed E-state index contributed by atoms with van der Waals surface area (Å²) in [6.07, 6.45) is 11.6. The maximum absolute atomic E-state index is 9.65. The highest BCUT2D eigenvalue weighted by Gasteiger charge is 2.04. The molecule has 0 rings (SSSR count). The molecule has 0 aliphatic rings. The third kappa shape index (κ3) is 12.0. The van der Waals surface area contributed by atoms with E-state index in [0.29, 0.717) is 0 Å². The number of aliphatic hydroxyl groups is 1. The maximum Gasteiger partial charge on any atom is 0.0666 e. The van der Waals surface area contributed by atoms with Crippen LogP contribution in [0.15, 0.2) is 0 Å². The van der Waals surface area contributed by atoms with Crippen LogP contribution in [0.5, 0.6) is 0 Å². The second kappa shape index (κ2) is 11.4. The van der Waals surface area contributed by atoms with E-state index in [-0.39, 0.29) is 6.10 Å². The maximum atomic E-state index is 9.65. The van der Waals surface area contributed by atoms with Crippen molar-refractivity contribution in [3.63, 3.8) is 0 Å². The van der Waals surface area contributed by atoms with E-state index in [1.807, 2.05) is 14.1 Å². The van der Waals surface area contributed by atoms with Crippen molar-refractivity contribution < 1.29 is 5.11 Å². The van der Waals surface area contributed by atoms with Crippen LogP contribution in [0, 0.1) is 0 Å². The molecule has 0 aromatic carbocycles. The fraction of sp³-hybridized carbons (Fsp3) is 1.00. The van der Waals surface area contributed by atoms with Crippen LogP contribution in [-0.4, -0.2) is 36.8 Å². The van der Waals surface area contributed by atoms with Crippen LogP contribution >= 0.6 is 0 Å². The first kappa shape index (κ1) is 15.9. The molecule has 0 saturated heterocycles. The predicted octanol–water partition coefficient (Wildman–Crippen LogP) is 3.44. The molecule has 0 heterocycles. The van der Waals surface area contributed by atoms with Gasteiger partial charge in [0.15, 0.2) is 0 Å². The van der Waals surface area contributed by atoms with Crippen LogP contribution in [0.4, 0.5) is 0 Å². The number of rotatable bonds is 11. The number of unbranched alkanes of at least 4 members (excludes halogenated alkanes) is 7. The first-order chi connectivity index (χ1) is 7.66. The number of aliphatic hydroxyl groups excluding tert-OH is 1. The van der Waals surface area contributed by atoms with Gasteiger partial charge in [0.1, 0.15) is 0 Å². The summed E-state index contributed by atoms with van der Waals surface area (Å²) in [6, 6.07) is 0. The highest BCUT2D eigenvalue weighted by Crippen LogP contribution is 2.10. The highest BCUT2D eigenvalue weighted by molar-refractivity contribution is 4.59. The van der Waals surface area contributed by atoms with Gasteiger partial charge in [0.2, 0.25) is 0 Å². The molecule has 1 unspecified atom stereocenters. The minimum absolute atomic E-state index is 0.130. The van der Waals surface area contributed by atoms with E-state index in [1.54, 1.807) is 0 Å². The summed E-state index contributed by atoms with van der Waals surface area (Å²) in [4.78, 5) is 2.05. The molecule has 0 spiro atoms. The van der Waals surface area contributed by atoms with Crippen molar-refractivity contribution in [2.45, 2.75) is 70.8 Å². The average Bonchev–Trinajstić information content (AvgIpc) is 2.21. The molecule has 0 radical (unpaired) electrons. The second-order valence-corrected chi connectivity index (χ2v) is 5.18. The molecule has 0 saturated carbocycles. The van der Waals surface area contributed by atoms with Crippen LogP contribution in [0.3, 0.4) is 0 Å². The fourth-order valence-electron chi connectivity index (χ4n) is 2.03. The summed E-state index contributed by atoms with van der Waals surface area (Å²) < 4.78 is 0. The third-order valence-corrected chi connectivity index (χ3v) is 2.97. The van der Waals surface area contributed by atoms with Crippen molar-refractivity contribution in [3.8, 4) is 0 Å². The lowest BCUT2D eigenvalue weighted by Crippen LogP contribution is -2.25. The molecule has 0 bridgehead atoms. The minimum atomic E-state index is -0.130. The lowest BCUT2D eigenvalue weighted by molar-refractivity contribution is 0.125. The normalized spacial score (nSPS) is 13.3. The monoisotopic (exact) mass is 229 g/mol. The van der Waals surface area contributed by atoms with Crippen molar-refractivity contribution in [3.05, 3.63) is 0 Å². The number of likely N-dealkylation sites (N-methyl/N-ethyl adjacent to an activating group) is 1. The zero-order chi connectivity index (χ0) is 12.2. The Morgan fingerprint density at radius 1 is 0.875 bits per heavy atom. The van der Waals surface area contributed by atoms with Crippen molar-refractivity contribution >= 4 is 0 Å². The average molecular weight is 229 g/mol. The van der Waals surface area contributed by atoms with Gasteiger partial charge >= 0.3 is 0 Å². The molecule has 16 heavy (non-hydrogen) atoms. The Labute approximate surface area is 102 Å². The van der Waals surface area contributed by atoms with Gasteiger partial charge < -0.3 is 10.0 Å². The van der Waals surface area contributed by atoms with Gasteiger partial charge in [-0.2, -0.15) is 0 Å². The molecule has 2 nitrogen and oxygen atoms in total. The molecule has 0 aliphatic heterocycles. The van der Waals surface area contributed by atoms with Crippen LogP contribution in [0.25, 0.3) is 0 Å². The van der Waals surface area contributed by atoms with Gasteiger partial charge in [-0.05, 0) is 20.5 Å².